The molecular weight excluding hydrogens is 215 g/mol. The molecule has 0 fully saturated rings. The molecule has 0 spiro atoms. The molecule has 0 radical (unpaired) electrons. The van der Waals surface area contributed by atoms with Crippen LogP contribution in [0.25, 0.3) is 0 Å². The van der Waals surface area contributed by atoms with E-state index in [1.165, 1.54) is 12.1 Å². The van der Waals surface area contributed by atoms with Crippen molar-refractivity contribution in [3.8, 4) is 0 Å². The van der Waals surface area contributed by atoms with Gasteiger partial charge in [-0.25, -0.2) is 4.39 Å². The fourth-order valence-electron chi connectivity index (χ4n) is 1.34. The number of aromatic nitrogens is 1. The number of rotatable bonds is 3. The minimum atomic E-state index is -0.313. The van der Waals surface area contributed by atoms with E-state index in [4.69, 9.17) is 11.6 Å². The third-order valence-corrected chi connectivity index (χ3v) is 2.21. The maximum Gasteiger partial charge on any atom is 0.125 e. The van der Waals surface area contributed by atoms with Crippen molar-refractivity contribution in [1.29, 1.82) is 0 Å². The SMILES string of the molecule is Fc1cc(Cl)cc(CNn2cccc2)c1. The Labute approximate surface area is 92.3 Å². The molecule has 0 aliphatic heterocycles. The Morgan fingerprint density at radius 1 is 1.20 bits per heavy atom. The Morgan fingerprint density at radius 3 is 2.60 bits per heavy atom. The van der Waals surface area contributed by atoms with E-state index >= 15 is 0 Å². The quantitative estimate of drug-likeness (QED) is 0.848. The minimum absolute atomic E-state index is 0.313. The molecule has 0 aliphatic carbocycles. The van der Waals surface area contributed by atoms with Crippen LogP contribution in [0.3, 0.4) is 0 Å². The van der Waals surface area contributed by atoms with E-state index in [-0.39, 0.29) is 5.82 Å². The van der Waals surface area contributed by atoms with Gasteiger partial charge in [-0.05, 0) is 35.9 Å². The third kappa shape index (κ3) is 2.73. The van der Waals surface area contributed by atoms with Crippen LogP contribution in [0.15, 0.2) is 42.7 Å². The van der Waals surface area contributed by atoms with Crippen molar-refractivity contribution in [3.63, 3.8) is 0 Å². The molecule has 0 saturated heterocycles. The first-order chi connectivity index (χ1) is 7.24. The molecule has 78 valence electrons. The summed E-state index contributed by atoms with van der Waals surface area (Å²) in [6.45, 7) is 0.534. The lowest BCUT2D eigenvalue weighted by Crippen LogP contribution is -2.11. The molecule has 2 nitrogen and oxygen atoms in total. The summed E-state index contributed by atoms with van der Waals surface area (Å²) in [5.74, 6) is -0.313. The zero-order chi connectivity index (χ0) is 10.7. The number of nitrogens with one attached hydrogen (secondary N) is 1. The first kappa shape index (κ1) is 10.1. The van der Waals surface area contributed by atoms with Gasteiger partial charge in [-0.1, -0.05) is 11.6 Å². The van der Waals surface area contributed by atoms with E-state index in [0.29, 0.717) is 11.6 Å². The Morgan fingerprint density at radius 2 is 1.93 bits per heavy atom. The maximum atomic E-state index is 13.0. The fraction of sp³-hybridized carbons (Fsp3) is 0.0909. The van der Waals surface area contributed by atoms with Crippen LogP contribution in [0.2, 0.25) is 5.02 Å². The normalized spacial score (nSPS) is 10.3. The monoisotopic (exact) mass is 224 g/mol. The zero-order valence-electron chi connectivity index (χ0n) is 7.95. The van der Waals surface area contributed by atoms with Gasteiger partial charge in [0.15, 0.2) is 0 Å². The standard InChI is InChI=1S/C11H10ClFN2/c12-10-5-9(6-11(13)7-10)8-14-15-3-1-2-4-15/h1-7,14H,8H2. The number of halogens is 2. The summed E-state index contributed by atoms with van der Waals surface area (Å²) in [7, 11) is 0. The van der Waals surface area contributed by atoms with Crippen molar-refractivity contribution in [2.45, 2.75) is 6.54 Å². The lowest BCUT2D eigenvalue weighted by molar-refractivity contribution is 0.625. The molecule has 15 heavy (non-hydrogen) atoms. The Balaban J connectivity index is 2.05. The third-order valence-electron chi connectivity index (χ3n) is 1.99. The average molecular weight is 225 g/mol. The van der Waals surface area contributed by atoms with Gasteiger partial charge in [0, 0.05) is 17.4 Å². The lowest BCUT2D eigenvalue weighted by atomic mass is 10.2. The van der Waals surface area contributed by atoms with Gasteiger partial charge in [0.25, 0.3) is 0 Å². The summed E-state index contributed by atoms with van der Waals surface area (Å²) in [5.41, 5.74) is 3.90. The second kappa shape index (κ2) is 4.36. The summed E-state index contributed by atoms with van der Waals surface area (Å²) in [5, 5.41) is 0.416. The summed E-state index contributed by atoms with van der Waals surface area (Å²) >= 11 is 5.74. The van der Waals surface area contributed by atoms with Gasteiger partial charge >= 0.3 is 0 Å². The second-order valence-corrected chi connectivity index (χ2v) is 3.64. The van der Waals surface area contributed by atoms with Crippen molar-refractivity contribution in [2.75, 3.05) is 5.43 Å². The van der Waals surface area contributed by atoms with Crippen molar-refractivity contribution in [2.24, 2.45) is 0 Å². The molecule has 0 saturated carbocycles. The van der Waals surface area contributed by atoms with Crippen LogP contribution in [0.1, 0.15) is 5.56 Å². The zero-order valence-corrected chi connectivity index (χ0v) is 8.71. The topological polar surface area (TPSA) is 17.0 Å². The van der Waals surface area contributed by atoms with Crippen LogP contribution in [0.5, 0.6) is 0 Å². The van der Waals surface area contributed by atoms with Gasteiger partial charge in [0.2, 0.25) is 0 Å². The van der Waals surface area contributed by atoms with E-state index < -0.39 is 0 Å². The number of benzene rings is 1. The molecule has 1 heterocycles. The molecule has 1 aromatic carbocycles. The van der Waals surface area contributed by atoms with E-state index in [1.54, 1.807) is 10.7 Å². The van der Waals surface area contributed by atoms with Crippen molar-refractivity contribution in [1.82, 2.24) is 4.68 Å². The van der Waals surface area contributed by atoms with E-state index in [0.717, 1.165) is 5.56 Å². The van der Waals surface area contributed by atoms with Crippen molar-refractivity contribution < 1.29 is 4.39 Å². The number of nitrogens with zero attached hydrogens (tertiary/aromatic N) is 1. The molecule has 0 atom stereocenters. The van der Waals surface area contributed by atoms with Crippen LogP contribution in [0.4, 0.5) is 4.39 Å². The molecule has 2 aromatic rings. The highest BCUT2D eigenvalue weighted by Crippen LogP contribution is 2.14. The largest absolute Gasteiger partial charge is 0.322 e. The van der Waals surface area contributed by atoms with E-state index in [9.17, 15) is 4.39 Å². The Kier molecular flexibility index (Phi) is 2.92. The highest BCUT2D eigenvalue weighted by Gasteiger charge is 1.98. The van der Waals surface area contributed by atoms with Crippen molar-refractivity contribution in [3.05, 3.63) is 59.1 Å². The van der Waals surface area contributed by atoms with Gasteiger partial charge in [0.05, 0.1) is 6.54 Å². The molecule has 0 amide bonds. The molecule has 1 N–H and O–H groups in total. The minimum Gasteiger partial charge on any atom is -0.322 e. The van der Waals surface area contributed by atoms with E-state index in [1.807, 2.05) is 24.5 Å². The first-order valence-electron chi connectivity index (χ1n) is 4.56. The predicted octanol–water partition coefficient (Wildman–Crippen LogP) is 3.02. The number of hydrogen-bond donors (Lipinski definition) is 1. The summed E-state index contributed by atoms with van der Waals surface area (Å²) < 4.78 is 14.8. The van der Waals surface area contributed by atoms with Gasteiger partial charge < -0.3 is 5.43 Å². The smallest absolute Gasteiger partial charge is 0.125 e. The van der Waals surface area contributed by atoms with Crippen LogP contribution in [-0.2, 0) is 6.54 Å². The molecular formula is C11H10ClFN2. The Hall–Kier alpha value is -1.48. The van der Waals surface area contributed by atoms with Crippen LogP contribution < -0.4 is 5.43 Å². The van der Waals surface area contributed by atoms with Gasteiger partial charge in [-0.2, -0.15) is 0 Å². The molecule has 0 unspecified atom stereocenters. The van der Waals surface area contributed by atoms with Gasteiger partial charge in [-0.15, -0.1) is 0 Å². The van der Waals surface area contributed by atoms with E-state index in [2.05, 4.69) is 5.43 Å². The summed E-state index contributed by atoms with van der Waals surface area (Å²) in [6, 6.07) is 8.31. The van der Waals surface area contributed by atoms with Crippen LogP contribution in [0, 0.1) is 5.82 Å². The van der Waals surface area contributed by atoms with Crippen LogP contribution in [-0.4, -0.2) is 4.68 Å². The highest BCUT2D eigenvalue weighted by molar-refractivity contribution is 6.30. The number of hydrogen-bond acceptors (Lipinski definition) is 1. The molecule has 0 aliphatic rings. The molecule has 2 rings (SSSR count). The molecule has 4 heteroatoms. The van der Waals surface area contributed by atoms with Crippen molar-refractivity contribution >= 4 is 11.6 Å². The first-order valence-corrected chi connectivity index (χ1v) is 4.94. The summed E-state index contributed by atoms with van der Waals surface area (Å²) in [4.78, 5) is 0. The Bertz CT molecular complexity index is 420. The predicted molar refractivity (Wildman–Crippen MR) is 58.9 cm³/mol. The maximum absolute atomic E-state index is 13.0. The highest BCUT2D eigenvalue weighted by atomic mass is 35.5. The summed E-state index contributed by atoms with van der Waals surface area (Å²) in [6.07, 6.45) is 3.75. The molecule has 1 aromatic heterocycles. The fourth-order valence-corrected chi connectivity index (χ4v) is 1.58. The second-order valence-electron chi connectivity index (χ2n) is 3.20. The van der Waals surface area contributed by atoms with Gasteiger partial charge in [0.1, 0.15) is 5.82 Å². The van der Waals surface area contributed by atoms with Gasteiger partial charge in [-0.3, -0.25) is 4.68 Å². The molecule has 0 bridgehead atoms. The lowest BCUT2D eigenvalue weighted by Gasteiger charge is -2.07. The van der Waals surface area contributed by atoms with Crippen LogP contribution >= 0.6 is 11.6 Å². The average Bonchev–Trinajstić information content (AvgIpc) is 2.65.